The second-order valence-electron chi connectivity index (χ2n) is 8.43. The summed E-state index contributed by atoms with van der Waals surface area (Å²) >= 11 is 0. The van der Waals surface area contributed by atoms with E-state index in [1.807, 2.05) is 34.6 Å². The van der Waals surface area contributed by atoms with Crippen LogP contribution in [0.15, 0.2) is 24.3 Å². The van der Waals surface area contributed by atoms with E-state index in [4.69, 9.17) is 4.74 Å². The number of amides is 1. The summed E-state index contributed by atoms with van der Waals surface area (Å²) in [4.78, 5) is 14.3. The molecule has 0 atom stereocenters. The number of nitrogens with one attached hydrogen (secondary N) is 2. The van der Waals surface area contributed by atoms with Crippen LogP contribution in [-0.4, -0.2) is 36.9 Å². The minimum atomic E-state index is -0.477. The van der Waals surface area contributed by atoms with Gasteiger partial charge in [-0.15, -0.1) is 0 Å². The smallest absolute Gasteiger partial charge is 0.408 e. The SMILES string of the molecule is CC(C)(CCNc1ccc(N2CCCC2)cc1)NC(=O)OC(C)(C)C. The molecule has 0 saturated carbocycles. The van der Waals surface area contributed by atoms with Crippen molar-refractivity contribution < 1.29 is 9.53 Å². The van der Waals surface area contributed by atoms with Gasteiger partial charge in [0.2, 0.25) is 0 Å². The quantitative estimate of drug-likeness (QED) is 0.801. The highest BCUT2D eigenvalue weighted by Crippen LogP contribution is 2.22. The number of carbonyl (C=O) groups excluding carboxylic acids is 1. The molecule has 5 heteroatoms. The van der Waals surface area contributed by atoms with Crippen LogP contribution >= 0.6 is 0 Å². The predicted octanol–water partition coefficient (Wildman–Crippen LogP) is 4.39. The van der Waals surface area contributed by atoms with E-state index in [9.17, 15) is 4.79 Å². The lowest BCUT2D eigenvalue weighted by atomic mass is 10.0. The van der Waals surface area contributed by atoms with Gasteiger partial charge < -0.3 is 20.3 Å². The number of benzene rings is 1. The van der Waals surface area contributed by atoms with Gasteiger partial charge >= 0.3 is 6.09 Å². The molecule has 1 saturated heterocycles. The van der Waals surface area contributed by atoms with Crippen LogP contribution in [0.3, 0.4) is 0 Å². The summed E-state index contributed by atoms with van der Waals surface area (Å²) in [5.41, 5.74) is 1.60. The molecular formula is C20H33N3O2. The molecule has 0 spiro atoms. The van der Waals surface area contributed by atoms with Gasteiger partial charge in [-0.3, -0.25) is 0 Å². The normalized spacial score (nSPS) is 15.2. The van der Waals surface area contributed by atoms with Crippen LogP contribution in [0.25, 0.3) is 0 Å². The first-order valence-electron chi connectivity index (χ1n) is 9.25. The third kappa shape index (κ3) is 6.85. The number of carbonyl (C=O) groups is 1. The lowest BCUT2D eigenvalue weighted by molar-refractivity contribution is 0.0470. The van der Waals surface area contributed by atoms with E-state index in [1.165, 1.54) is 18.5 Å². The van der Waals surface area contributed by atoms with E-state index >= 15 is 0 Å². The van der Waals surface area contributed by atoms with Gasteiger partial charge in [-0.2, -0.15) is 0 Å². The standard InChI is InChI=1S/C20H33N3O2/c1-19(2,3)25-18(24)22-20(4,5)12-13-21-16-8-10-17(11-9-16)23-14-6-7-15-23/h8-11,21H,6-7,12-15H2,1-5H3,(H,22,24). The molecule has 0 unspecified atom stereocenters. The summed E-state index contributed by atoms with van der Waals surface area (Å²) in [6, 6.07) is 8.61. The minimum Gasteiger partial charge on any atom is -0.444 e. The highest BCUT2D eigenvalue weighted by molar-refractivity contribution is 5.68. The van der Waals surface area contributed by atoms with Crippen molar-refractivity contribution in [1.82, 2.24) is 5.32 Å². The Morgan fingerprint density at radius 1 is 1.08 bits per heavy atom. The van der Waals surface area contributed by atoms with Crippen molar-refractivity contribution in [1.29, 1.82) is 0 Å². The maximum atomic E-state index is 11.9. The molecular weight excluding hydrogens is 314 g/mol. The average Bonchev–Trinajstić information content (AvgIpc) is 2.99. The Morgan fingerprint density at radius 3 is 2.24 bits per heavy atom. The number of hydrogen-bond acceptors (Lipinski definition) is 4. The van der Waals surface area contributed by atoms with E-state index in [0.717, 1.165) is 31.7 Å². The van der Waals surface area contributed by atoms with Crippen molar-refractivity contribution in [2.75, 3.05) is 29.9 Å². The van der Waals surface area contributed by atoms with Crippen molar-refractivity contribution in [2.24, 2.45) is 0 Å². The first kappa shape index (κ1) is 19.4. The zero-order valence-corrected chi connectivity index (χ0v) is 16.3. The number of rotatable bonds is 6. The number of alkyl carbamates (subject to hydrolysis) is 1. The molecule has 5 nitrogen and oxygen atoms in total. The number of ether oxygens (including phenoxy) is 1. The first-order chi connectivity index (χ1) is 11.6. The fourth-order valence-corrected chi connectivity index (χ4v) is 2.93. The molecule has 1 aliphatic heterocycles. The van der Waals surface area contributed by atoms with Gasteiger partial charge in [0, 0.05) is 36.5 Å². The van der Waals surface area contributed by atoms with Crippen LogP contribution in [0, 0.1) is 0 Å². The number of hydrogen-bond donors (Lipinski definition) is 2. The largest absolute Gasteiger partial charge is 0.444 e. The predicted molar refractivity (Wildman–Crippen MR) is 104 cm³/mol. The average molecular weight is 348 g/mol. The van der Waals surface area contributed by atoms with Crippen molar-refractivity contribution in [3.63, 3.8) is 0 Å². The Labute approximate surface area is 152 Å². The van der Waals surface area contributed by atoms with Crippen LogP contribution in [0.1, 0.15) is 53.9 Å². The zero-order valence-electron chi connectivity index (χ0n) is 16.3. The molecule has 1 fully saturated rings. The van der Waals surface area contributed by atoms with Gasteiger partial charge in [0.15, 0.2) is 0 Å². The highest BCUT2D eigenvalue weighted by Gasteiger charge is 2.24. The summed E-state index contributed by atoms with van der Waals surface area (Å²) in [5.74, 6) is 0. The molecule has 1 heterocycles. The summed E-state index contributed by atoms with van der Waals surface area (Å²) < 4.78 is 5.32. The van der Waals surface area contributed by atoms with Crippen molar-refractivity contribution in [3.8, 4) is 0 Å². The maximum absolute atomic E-state index is 11.9. The van der Waals surface area contributed by atoms with Crippen LogP contribution < -0.4 is 15.5 Å². The summed E-state index contributed by atoms with van der Waals surface area (Å²) in [5, 5.41) is 6.37. The van der Waals surface area contributed by atoms with Crippen LogP contribution in [0.2, 0.25) is 0 Å². The fraction of sp³-hybridized carbons (Fsp3) is 0.650. The Kier molecular flexibility index (Phi) is 6.20. The molecule has 0 radical (unpaired) electrons. The minimum absolute atomic E-state index is 0.329. The fourth-order valence-electron chi connectivity index (χ4n) is 2.93. The summed E-state index contributed by atoms with van der Waals surface area (Å²) in [6.45, 7) is 12.7. The van der Waals surface area contributed by atoms with Crippen LogP contribution in [0.5, 0.6) is 0 Å². The van der Waals surface area contributed by atoms with Gasteiger partial charge in [0.1, 0.15) is 5.60 Å². The second kappa shape index (κ2) is 7.98. The molecule has 1 amide bonds. The van der Waals surface area contributed by atoms with E-state index in [2.05, 4.69) is 39.8 Å². The highest BCUT2D eigenvalue weighted by atomic mass is 16.6. The molecule has 1 aromatic rings. The lowest BCUT2D eigenvalue weighted by Crippen LogP contribution is -2.46. The Balaban J connectivity index is 1.76. The molecule has 1 aliphatic rings. The van der Waals surface area contributed by atoms with E-state index in [0.29, 0.717) is 0 Å². The third-order valence-corrected chi connectivity index (χ3v) is 4.26. The molecule has 1 aromatic carbocycles. The van der Waals surface area contributed by atoms with Gasteiger partial charge in [0.25, 0.3) is 0 Å². The number of anilines is 2. The monoisotopic (exact) mass is 347 g/mol. The first-order valence-corrected chi connectivity index (χ1v) is 9.25. The molecule has 2 rings (SSSR count). The Hall–Kier alpha value is -1.91. The van der Waals surface area contributed by atoms with Gasteiger partial charge in [-0.25, -0.2) is 4.79 Å². The Bertz CT molecular complexity index is 555. The topological polar surface area (TPSA) is 53.6 Å². The maximum Gasteiger partial charge on any atom is 0.408 e. The summed E-state index contributed by atoms with van der Waals surface area (Å²) in [7, 11) is 0. The number of nitrogens with zero attached hydrogens (tertiary/aromatic N) is 1. The molecule has 0 aliphatic carbocycles. The van der Waals surface area contributed by atoms with E-state index in [1.54, 1.807) is 0 Å². The van der Waals surface area contributed by atoms with Crippen LogP contribution in [0.4, 0.5) is 16.2 Å². The molecule has 140 valence electrons. The molecule has 0 aromatic heterocycles. The van der Waals surface area contributed by atoms with Crippen molar-refractivity contribution in [2.45, 2.75) is 65.0 Å². The molecule has 25 heavy (non-hydrogen) atoms. The molecule has 0 bridgehead atoms. The van der Waals surface area contributed by atoms with Crippen LogP contribution in [-0.2, 0) is 4.74 Å². The van der Waals surface area contributed by atoms with E-state index < -0.39 is 5.60 Å². The van der Waals surface area contributed by atoms with Gasteiger partial charge in [-0.1, -0.05) is 0 Å². The summed E-state index contributed by atoms with van der Waals surface area (Å²) in [6.07, 6.45) is 3.02. The third-order valence-electron chi connectivity index (χ3n) is 4.26. The zero-order chi connectivity index (χ0) is 18.5. The molecule has 2 N–H and O–H groups in total. The van der Waals surface area contributed by atoms with Gasteiger partial charge in [-0.05, 0) is 78.1 Å². The Morgan fingerprint density at radius 2 is 1.68 bits per heavy atom. The van der Waals surface area contributed by atoms with E-state index in [-0.39, 0.29) is 11.6 Å². The van der Waals surface area contributed by atoms with Crippen molar-refractivity contribution in [3.05, 3.63) is 24.3 Å². The van der Waals surface area contributed by atoms with Crippen molar-refractivity contribution >= 4 is 17.5 Å². The second-order valence-corrected chi connectivity index (χ2v) is 8.43. The lowest BCUT2D eigenvalue weighted by Gasteiger charge is -2.29. The van der Waals surface area contributed by atoms with Gasteiger partial charge in [0.05, 0.1) is 0 Å².